The highest BCUT2D eigenvalue weighted by Gasteiger charge is 2.39. The fourth-order valence-corrected chi connectivity index (χ4v) is 3.87. The first-order valence-corrected chi connectivity index (χ1v) is 8.41. The van der Waals surface area contributed by atoms with Crippen molar-refractivity contribution in [2.45, 2.75) is 26.1 Å². The molecule has 1 aromatic carbocycles. The van der Waals surface area contributed by atoms with E-state index in [-0.39, 0.29) is 22.1 Å². The maximum Gasteiger partial charge on any atom is 0.434 e. The standard InChI is InChI=1S/C16H16F4N4S/c1-2-5-24-6-9-8(11(21)7-24)3-4-10(17)12(9)13-14(16(18,19)20)23-15(22)25-13/h3-4,7H,2,5-6,21H2,1H3,(H2,22,23). The van der Waals surface area contributed by atoms with Crippen molar-refractivity contribution < 1.29 is 17.6 Å². The zero-order chi connectivity index (χ0) is 18.4. The molecule has 0 saturated carbocycles. The third-order valence-corrected chi connectivity index (χ3v) is 4.81. The Hall–Kier alpha value is -2.29. The topological polar surface area (TPSA) is 68.2 Å². The van der Waals surface area contributed by atoms with Crippen LogP contribution in [0.3, 0.4) is 0 Å². The van der Waals surface area contributed by atoms with Crippen LogP contribution in [0.5, 0.6) is 0 Å². The summed E-state index contributed by atoms with van der Waals surface area (Å²) in [5.74, 6) is -0.751. The number of fused-ring (bicyclic) bond motifs is 1. The van der Waals surface area contributed by atoms with Crippen molar-refractivity contribution in [3.63, 3.8) is 0 Å². The van der Waals surface area contributed by atoms with Crippen LogP contribution in [-0.4, -0.2) is 16.4 Å². The maximum absolute atomic E-state index is 14.6. The lowest BCUT2D eigenvalue weighted by atomic mass is 9.94. The Balaban J connectivity index is 2.24. The molecule has 0 amide bonds. The number of nitrogens with two attached hydrogens (primary N) is 2. The van der Waals surface area contributed by atoms with Gasteiger partial charge >= 0.3 is 6.18 Å². The van der Waals surface area contributed by atoms with Crippen LogP contribution in [0.2, 0.25) is 0 Å². The van der Waals surface area contributed by atoms with Crippen LogP contribution in [0.15, 0.2) is 18.3 Å². The fourth-order valence-electron chi connectivity index (χ4n) is 2.94. The van der Waals surface area contributed by atoms with Crippen molar-refractivity contribution in [1.82, 2.24) is 9.88 Å². The maximum atomic E-state index is 14.6. The molecule has 25 heavy (non-hydrogen) atoms. The molecule has 0 radical (unpaired) electrons. The molecule has 0 spiro atoms. The van der Waals surface area contributed by atoms with Crippen molar-refractivity contribution in [3.05, 3.63) is 41.0 Å². The van der Waals surface area contributed by atoms with Gasteiger partial charge in [0.25, 0.3) is 0 Å². The van der Waals surface area contributed by atoms with Crippen molar-refractivity contribution in [2.75, 3.05) is 12.3 Å². The predicted molar refractivity (Wildman–Crippen MR) is 89.8 cm³/mol. The molecule has 0 bridgehead atoms. The first-order valence-electron chi connectivity index (χ1n) is 7.59. The average molecular weight is 372 g/mol. The van der Waals surface area contributed by atoms with E-state index >= 15 is 0 Å². The lowest BCUT2D eigenvalue weighted by Gasteiger charge is -2.29. The summed E-state index contributed by atoms with van der Waals surface area (Å²) < 4.78 is 54.5. The van der Waals surface area contributed by atoms with Gasteiger partial charge in [0, 0.05) is 30.4 Å². The van der Waals surface area contributed by atoms with E-state index in [4.69, 9.17) is 11.5 Å². The molecule has 2 heterocycles. The molecule has 0 atom stereocenters. The minimum atomic E-state index is -4.72. The van der Waals surface area contributed by atoms with Gasteiger partial charge < -0.3 is 16.4 Å². The highest BCUT2D eigenvalue weighted by molar-refractivity contribution is 7.18. The summed E-state index contributed by atoms with van der Waals surface area (Å²) in [5, 5.41) is -0.260. The van der Waals surface area contributed by atoms with Crippen molar-refractivity contribution >= 4 is 22.2 Å². The highest BCUT2D eigenvalue weighted by atomic mass is 32.1. The summed E-state index contributed by atoms with van der Waals surface area (Å²) in [7, 11) is 0. The quantitative estimate of drug-likeness (QED) is 0.798. The summed E-state index contributed by atoms with van der Waals surface area (Å²) in [6.07, 6.45) is -2.16. The number of benzene rings is 1. The van der Waals surface area contributed by atoms with Crippen LogP contribution in [-0.2, 0) is 12.7 Å². The van der Waals surface area contributed by atoms with Crippen LogP contribution in [0, 0.1) is 5.82 Å². The molecule has 3 rings (SSSR count). The largest absolute Gasteiger partial charge is 0.434 e. The zero-order valence-corrected chi connectivity index (χ0v) is 14.1. The van der Waals surface area contributed by atoms with Gasteiger partial charge in [-0.25, -0.2) is 9.37 Å². The molecule has 4 N–H and O–H groups in total. The predicted octanol–water partition coefficient (Wildman–Crippen LogP) is 4.03. The van der Waals surface area contributed by atoms with E-state index in [9.17, 15) is 17.6 Å². The van der Waals surface area contributed by atoms with Gasteiger partial charge in [0.2, 0.25) is 0 Å². The van der Waals surface area contributed by atoms with Gasteiger partial charge in [0.05, 0.1) is 10.6 Å². The van der Waals surface area contributed by atoms with Crippen LogP contribution in [0.4, 0.5) is 22.7 Å². The highest BCUT2D eigenvalue weighted by Crippen LogP contribution is 2.45. The summed E-state index contributed by atoms with van der Waals surface area (Å²) >= 11 is 0.625. The number of hydrogen-bond acceptors (Lipinski definition) is 5. The number of nitrogens with zero attached hydrogens (tertiary/aromatic N) is 2. The Morgan fingerprint density at radius 2 is 2.00 bits per heavy atom. The van der Waals surface area contributed by atoms with Gasteiger partial charge in [-0.1, -0.05) is 18.3 Å². The number of alkyl halides is 3. The zero-order valence-electron chi connectivity index (χ0n) is 13.3. The third-order valence-electron chi connectivity index (χ3n) is 3.91. The smallest absolute Gasteiger partial charge is 0.397 e. The Morgan fingerprint density at radius 1 is 1.28 bits per heavy atom. The lowest BCUT2D eigenvalue weighted by Crippen LogP contribution is -2.25. The number of anilines is 1. The molecule has 1 aromatic heterocycles. The molecular weight excluding hydrogens is 356 g/mol. The lowest BCUT2D eigenvalue weighted by molar-refractivity contribution is -0.140. The first-order chi connectivity index (χ1) is 11.7. The second-order valence-electron chi connectivity index (χ2n) is 5.73. The SMILES string of the molecule is CCCN1C=C(N)c2ccc(F)c(-c3sc(N)nc3C(F)(F)F)c2C1. The first kappa shape index (κ1) is 17.5. The monoisotopic (exact) mass is 372 g/mol. The summed E-state index contributed by atoms with van der Waals surface area (Å²) in [6.45, 7) is 2.90. The summed E-state index contributed by atoms with van der Waals surface area (Å²) in [4.78, 5) is 4.91. The molecule has 1 aliphatic rings. The Kier molecular flexibility index (Phi) is 4.36. The van der Waals surface area contributed by atoms with Crippen LogP contribution in [0.1, 0.15) is 30.2 Å². The van der Waals surface area contributed by atoms with Crippen molar-refractivity contribution in [3.8, 4) is 10.4 Å². The average Bonchev–Trinajstić information content (AvgIpc) is 2.89. The van der Waals surface area contributed by atoms with Gasteiger partial charge in [-0.05, 0) is 24.1 Å². The molecule has 1 aliphatic heterocycles. The normalized spacial score (nSPS) is 14.4. The van der Waals surface area contributed by atoms with E-state index < -0.39 is 17.7 Å². The van der Waals surface area contributed by atoms with Crippen LogP contribution < -0.4 is 11.5 Å². The number of thiazole rings is 1. The van der Waals surface area contributed by atoms with Crippen molar-refractivity contribution in [2.24, 2.45) is 5.73 Å². The molecular formula is C16H16F4N4S. The van der Waals surface area contributed by atoms with E-state index in [0.717, 1.165) is 12.5 Å². The molecule has 0 fully saturated rings. The fraction of sp³-hybridized carbons (Fsp3) is 0.312. The molecule has 9 heteroatoms. The number of rotatable bonds is 3. The van der Waals surface area contributed by atoms with E-state index in [1.165, 1.54) is 6.07 Å². The van der Waals surface area contributed by atoms with Gasteiger partial charge in [-0.15, -0.1) is 0 Å². The molecule has 2 aromatic rings. The van der Waals surface area contributed by atoms with Crippen LogP contribution in [0.25, 0.3) is 16.1 Å². The molecule has 134 valence electrons. The molecule has 0 saturated heterocycles. The van der Waals surface area contributed by atoms with Gasteiger partial charge in [-0.2, -0.15) is 13.2 Å². The second kappa shape index (κ2) is 6.21. The number of hydrogen-bond donors (Lipinski definition) is 2. The van der Waals surface area contributed by atoms with Crippen LogP contribution >= 0.6 is 11.3 Å². The van der Waals surface area contributed by atoms with E-state index in [1.807, 2.05) is 11.8 Å². The Morgan fingerprint density at radius 3 is 2.64 bits per heavy atom. The molecule has 0 aliphatic carbocycles. The number of nitrogen functional groups attached to an aromatic ring is 1. The third kappa shape index (κ3) is 3.15. The minimum Gasteiger partial charge on any atom is -0.397 e. The molecule has 0 unspecified atom stereocenters. The Bertz CT molecular complexity index is 841. The van der Waals surface area contributed by atoms with E-state index in [1.54, 1.807) is 6.20 Å². The van der Waals surface area contributed by atoms with Gasteiger partial charge in [0.1, 0.15) is 5.82 Å². The minimum absolute atomic E-state index is 0.129. The summed E-state index contributed by atoms with van der Waals surface area (Å²) in [5.41, 5.74) is 11.6. The number of halogens is 4. The van der Waals surface area contributed by atoms with Crippen molar-refractivity contribution in [1.29, 1.82) is 0 Å². The second-order valence-corrected chi connectivity index (χ2v) is 6.76. The number of aromatic nitrogens is 1. The van der Waals surface area contributed by atoms with E-state index in [2.05, 4.69) is 4.98 Å². The van der Waals surface area contributed by atoms with Gasteiger partial charge in [-0.3, -0.25) is 0 Å². The molecule has 4 nitrogen and oxygen atoms in total. The summed E-state index contributed by atoms with van der Waals surface area (Å²) in [6, 6.07) is 2.61. The van der Waals surface area contributed by atoms with E-state index in [0.29, 0.717) is 34.7 Å². The van der Waals surface area contributed by atoms with Gasteiger partial charge in [0.15, 0.2) is 10.8 Å². The Labute approximate surface area is 145 Å².